The first-order valence-electron chi connectivity index (χ1n) is 13.1. The highest BCUT2D eigenvalue weighted by molar-refractivity contribution is 5.89. The number of rotatable bonds is 4. The van der Waals surface area contributed by atoms with Crippen LogP contribution in [0.1, 0.15) is 61.8 Å². The fourth-order valence-electron chi connectivity index (χ4n) is 6.76. The Hall–Kier alpha value is -3.25. The monoisotopic (exact) mass is 564 g/mol. The molecule has 0 aromatic rings. The van der Waals surface area contributed by atoms with Crippen molar-refractivity contribution in [1.82, 2.24) is 0 Å². The highest BCUT2D eigenvalue weighted by Gasteiger charge is 2.87. The molecule has 2 aliphatic carbocycles. The predicted octanol–water partition coefficient (Wildman–Crippen LogP) is 1.46. The Balaban J connectivity index is 2.04. The van der Waals surface area contributed by atoms with Crippen molar-refractivity contribution in [3.63, 3.8) is 0 Å². The van der Waals surface area contributed by atoms with E-state index in [0.717, 1.165) is 0 Å². The van der Waals surface area contributed by atoms with E-state index in [1.54, 1.807) is 26.0 Å². The summed E-state index contributed by atoms with van der Waals surface area (Å²) in [4.78, 5) is 62.2. The van der Waals surface area contributed by atoms with Gasteiger partial charge >= 0.3 is 29.8 Å². The summed E-state index contributed by atoms with van der Waals surface area (Å²) in [6, 6.07) is 0. The van der Waals surface area contributed by atoms with Gasteiger partial charge in [-0.2, -0.15) is 0 Å². The summed E-state index contributed by atoms with van der Waals surface area (Å²) in [5, 5.41) is 12.2. The van der Waals surface area contributed by atoms with Gasteiger partial charge in [-0.05, 0) is 38.5 Å². The van der Waals surface area contributed by atoms with Crippen LogP contribution in [0, 0.1) is 11.3 Å². The van der Waals surface area contributed by atoms with Crippen LogP contribution >= 0.6 is 0 Å². The molecule has 2 fully saturated rings. The molecule has 2 saturated heterocycles. The van der Waals surface area contributed by atoms with E-state index in [1.165, 1.54) is 47.6 Å². The Bertz CT molecular complexity index is 1200. The summed E-state index contributed by atoms with van der Waals surface area (Å²) in [7, 11) is 0. The summed E-state index contributed by atoms with van der Waals surface area (Å²) >= 11 is 0. The van der Waals surface area contributed by atoms with Crippen molar-refractivity contribution >= 4 is 29.8 Å². The lowest BCUT2D eigenvalue weighted by Gasteiger charge is -2.55. The van der Waals surface area contributed by atoms with Crippen LogP contribution in [0.2, 0.25) is 0 Å². The summed E-state index contributed by atoms with van der Waals surface area (Å²) in [5.74, 6) is -4.55. The van der Waals surface area contributed by atoms with Crippen molar-refractivity contribution in [2.75, 3.05) is 0 Å². The van der Waals surface area contributed by atoms with Gasteiger partial charge in [-0.3, -0.25) is 19.2 Å². The highest BCUT2D eigenvalue weighted by atomic mass is 16.7. The van der Waals surface area contributed by atoms with Gasteiger partial charge in [-0.25, -0.2) is 4.79 Å². The average Bonchev–Trinajstić information content (AvgIpc) is 3.39. The molecule has 0 radical (unpaired) electrons. The van der Waals surface area contributed by atoms with Crippen LogP contribution in [0.25, 0.3) is 0 Å². The molecule has 2 heterocycles. The molecule has 0 amide bonds. The van der Waals surface area contributed by atoms with Crippen LogP contribution in [0.3, 0.4) is 0 Å². The van der Waals surface area contributed by atoms with Gasteiger partial charge < -0.3 is 33.5 Å². The molecule has 0 aromatic carbocycles. The molecule has 0 bridgehead atoms. The molecule has 2 aliphatic heterocycles. The van der Waals surface area contributed by atoms with Crippen LogP contribution in [-0.2, 0) is 52.4 Å². The van der Waals surface area contributed by atoms with Crippen molar-refractivity contribution in [3.05, 3.63) is 23.8 Å². The van der Waals surface area contributed by atoms with Crippen molar-refractivity contribution in [2.24, 2.45) is 11.3 Å². The molecule has 0 unspecified atom stereocenters. The number of fused-ring (bicyclic) bond motifs is 1. The molecule has 12 nitrogen and oxygen atoms in total. The van der Waals surface area contributed by atoms with Gasteiger partial charge in [0.15, 0.2) is 17.3 Å². The van der Waals surface area contributed by atoms with Crippen LogP contribution in [0.5, 0.6) is 0 Å². The minimum absolute atomic E-state index is 0.0499. The van der Waals surface area contributed by atoms with Gasteiger partial charge in [0.1, 0.15) is 30.0 Å². The van der Waals surface area contributed by atoms with Crippen molar-refractivity contribution in [2.45, 2.75) is 109 Å². The minimum Gasteiger partial charge on any atom is -0.461 e. The first-order chi connectivity index (χ1) is 18.4. The Morgan fingerprint density at radius 2 is 1.50 bits per heavy atom. The smallest absolute Gasteiger partial charge is 0.342 e. The molecule has 1 spiro atoms. The molecule has 1 N–H and O–H groups in total. The molecule has 4 aliphatic rings. The van der Waals surface area contributed by atoms with Crippen LogP contribution < -0.4 is 0 Å². The normalized spacial score (nSPS) is 44.8. The number of aliphatic hydroxyl groups is 1. The van der Waals surface area contributed by atoms with Gasteiger partial charge in [0.05, 0.1) is 0 Å². The molecule has 40 heavy (non-hydrogen) atoms. The predicted molar refractivity (Wildman–Crippen MR) is 134 cm³/mol. The van der Waals surface area contributed by atoms with Gasteiger partial charge in [0.2, 0.25) is 0 Å². The lowest BCUT2D eigenvalue weighted by molar-refractivity contribution is -0.220. The van der Waals surface area contributed by atoms with Gasteiger partial charge in [-0.15, -0.1) is 0 Å². The Kier molecular flexibility index (Phi) is 7.20. The summed E-state index contributed by atoms with van der Waals surface area (Å²) in [5.41, 5.74) is -5.99. The van der Waals surface area contributed by atoms with Crippen molar-refractivity contribution < 1.29 is 57.5 Å². The first-order valence-corrected chi connectivity index (χ1v) is 13.1. The topological polar surface area (TPSA) is 164 Å². The molecule has 10 atom stereocenters. The number of carbonyl (C=O) groups excluding carboxylic acids is 5. The Labute approximate surface area is 231 Å². The van der Waals surface area contributed by atoms with E-state index in [1.807, 2.05) is 0 Å². The van der Waals surface area contributed by atoms with Crippen molar-refractivity contribution in [1.29, 1.82) is 0 Å². The summed E-state index contributed by atoms with van der Waals surface area (Å²) in [6.45, 7) is 11.1. The van der Waals surface area contributed by atoms with Gasteiger partial charge in [0.25, 0.3) is 0 Å². The third-order valence-corrected chi connectivity index (χ3v) is 8.60. The van der Waals surface area contributed by atoms with Crippen LogP contribution in [0.4, 0.5) is 0 Å². The summed E-state index contributed by atoms with van der Waals surface area (Å²) in [6.07, 6.45) is -1.03. The second kappa shape index (κ2) is 9.69. The Morgan fingerprint density at radius 3 is 2.02 bits per heavy atom. The van der Waals surface area contributed by atoms with E-state index >= 15 is 0 Å². The van der Waals surface area contributed by atoms with Crippen LogP contribution in [0.15, 0.2) is 23.8 Å². The zero-order valence-corrected chi connectivity index (χ0v) is 23.8. The molecule has 0 aromatic heterocycles. The molecule has 12 heteroatoms. The third-order valence-electron chi connectivity index (χ3n) is 8.60. The quantitative estimate of drug-likeness (QED) is 0.227. The first kappa shape index (κ1) is 29.7. The van der Waals surface area contributed by atoms with E-state index in [2.05, 4.69) is 0 Å². The number of esters is 5. The molecule has 4 rings (SSSR count). The molecular weight excluding hydrogens is 528 g/mol. The van der Waals surface area contributed by atoms with Gasteiger partial charge in [0, 0.05) is 45.4 Å². The minimum atomic E-state index is -1.96. The number of carbonyl (C=O) groups is 5. The number of ether oxygens (including phenoxy) is 6. The zero-order chi connectivity index (χ0) is 30.0. The number of hydrogen-bond donors (Lipinski definition) is 1. The lowest BCUT2D eigenvalue weighted by Crippen LogP contribution is -2.67. The van der Waals surface area contributed by atoms with E-state index < -0.39 is 88.5 Å². The fraction of sp³-hybridized carbons (Fsp3) is 0.679. The zero-order valence-electron chi connectivity index (χ0n) is 23.8. The number of epoxide rings is 1. The highest BCUT2D eigenvalue weighted by Crippen LogP contribution is 2.65. The summed E-state index contributed by atoms with van der Waals surface area (Å²) < 4.78 is 34.6. The molecule has 0 saturated carbocycles. The van der Waals surface area contributed by atoms with E-state index in [4.69, 9.17) is 28.4 Å². The standard InChI is InChI=1S/C28H36O12/c1-13-11-21-28(27(8,40-28)24(33)39-21)23(38-17(5)32)22-25(6,10-9-19(26(22,7)34)36-15(3)30)20(37-16(4)31)12-18(13)35-14(2)29/h9-11,18-23,34H,12H2,1-8H3/b13-11-/t18-,19+,20-,21-,22+,23+,25+,26-,27-,28-/m0/s1. The van der Waals surface area contributed by atoms with E-state index in [-0.39, 0.29) is 6.42 Å². The van der Waals surface area contributed by atoms with Gasteiger partial charge in [-0.1, -0.05) is 13.0 Å². The van der Waals surface area contributed by atoms with E-state index in [0.29, 0.717) is 5.57 Å². The fourth-order valence-corrected chi connectivity index (χ4v) is 6.76. The lowest BCUT2D eigenvalue weighted by atomic mass is 9.55. The van der Waals surface area contributed by atoms with E-state index in [9.17, 15) is 29.1 Å². The largest absolute Gasteiger partial charge is 0.461 e. The molecule has 220 valence electrons. The maximum absolute atomic E-state index is 13.1. The second-order valence-electron chi connectivity index (χ2n) is 11.6. The average molecular weight is 565 g/mol. The number of hydrogen-bond acceptors (Lipinski definition) is 12. The second-order valence-corrected chi connectivity index (χ2v) is 11.6. The maximum Gasteiger partial charge on any atom is 0.342 e. The maximum atomic E-state index is 13.1. The van der Waals surface area contributed by atoms with Crippen LogP contribution in [-0.4, -0.2) is 82.3 Å². The Morgan fingerprint density at radius 1 is 0.925 bits per heavy atom. The molecular formula is C28H36O12. The third kappa shape index (κ3) is 4.50. The SMILES string of the molecule is CC(=O)O[C@H]1C[C@H](OC(C)=O)[C@@]2(C)C=C[C@@H](OC(C)=O)[C@](C)(O)[C@@H]2[C@@H](OC(C)=O)[C@]23O[C@@]2(C)C(=O)O[C@H]3/C=C\1C. The van der Waals surface area contributed by atoms with Crippen molar-refractivity contribution in [3.8, 4) is 0 Å².